The highest BCUT2D eigenvalue weighted by Gasteiger charge is 2.15. The van der Waals surface area contributed by atoms with Crippen molar-refractivity contribution in [2.45, 2.75) is 46.0 Å². The topological polar surface area (TPSA) is 17.1 Å². The van der Waals surface area contributed by atoms with E-state index in [4.69, 9.17) is 0 Å². The van der Waals surface area contributed by atoms with Crippen molar-refractivity contribution in [2.24, 2.45) is 5.92 Å². The van der Waals surface area contributed by atoms with Crippen LogP contribution in [0.15, 0.2) is 11.6 Å². The largest absolute Gasteiger partial charge is 0.295 e. The van der Waals surface area contributed by atoms with Crippen molar-refractivity contribution >= 4 is 5.78 Å². The Morgan fingerprint density at radius 2 is 2.00 bits per heavy atom. The van der Waals surface area contributed by atoms with E-state index in [1.807, 2.05) is 6.08 Å². The Labute approximate surface area is 74.9 Å². The van der Waals surface area contributed by atoms with E-state index in [0.717, 1.165) is 19.3 Å². The van der Waals surface area contributed by atoms with E-state index in [1.54, 1.807) is 0 Å². The molecule has 1 heteroatoms. The molecule has 0 bridgehead atoms. The maximum Gasteiger partial charge on any atom is 0.155 e. The molecule has 0 aromatic rings. The zero-order chi connectivity index (χ0) is 8.97. The molecule has 68 valence electrons. The summed E-state index contributed by atoms with van der Waals surface area (Å²) in [7, 11) is 0. The average Bonchev–Trinajstić information content (AvgIpc) is 2.07. The van der Waals surface area contributed by atoms with Gasteiger partial charge in [0.05, 0.1) is 0 Å². The van der Waals surface area contributed by atoms with Crippen LogP contribution in [0.25, 0.3) is 0 Å². The number of hydrogen-bond acceptors (Lipinski definition) is 1. The summed E-state index contributed by atoms with van der Waals surface area (Å²) in [6.07, 6.45) is 7.23. The maximum absolute atomic E-state index is 11.1. The fourth-order valence-electron chi connectivity index (χ4n) is 1.95. The van der Waals surface area contributed by atoms with Gasteiger partial charge in [-0.1, -0.05) is 19.4 Å². The average molecular weight is 166 g/mol. The molecular weight excluding hydrogens is 148 g/mol. The van der Waals surface area contributed by atoms with E-state index in [1.165, 1.54) is 18.4 Å². The SMILES string of the molecule is CCC(CC)C1=CC(=O)CCC1. The van der Waals surface area contributed by atoms with Gasteiger partial charge in [0, 0.05) is 6.42 Å². The van der Waals surface area contributed by atoms with E-state index in [2.05, 4.69) is 13.8 Å². The molecule has 0 atom stereocenters. The lowest BCUT2D eigenvalue weighted by molar-refractivity contribution is -0.115. The maximum atomic E-state index is 11.1. The number of rotatable bonds is 3. The molecule has 0 radical (unpaired) electrons. The van der Waals surface area contributed by atoms with E-state index >= 15 is 0 Å². The first-order chi connectivity index (χ1) is 5.77. The zero-order valence-electron chi connectivity index (χ0n) is 8.10. The molecular formula is C11H18O. The summed E-state index contributed by atoms with van der Waals surface area (Å²) < 4.78 is 0. The van der Waals surface area contributed by atoms with Crippen LogP contribution < -0.4 is 0 Å². The molecule has 0 amide bonds. The minimum atomic E-state index is 0.336. The van der Waals surface area contributed by atoms with Gasteiger partial charge in [-0.15, -0.1) is 0 Å². The molecule has 0 N–H and O–H groups in total. The molecule has 1 aliphatic rings. The fraction of sp³-hybridized carbons (Fsp3) is 0.727. The van der Waals surface area contributed by atoms with Crippen LogP contribution in [0.5, 0.6) is 0 Å². The summed E-state index contributed by atoms with van der Waals surface area (Å²) in [5.74, 6) is 0.998. The predicted octanol–water partition coefficient (Wildman–Crippen LogP) is 3.10. The molecule has 0 saturated carbocycles. The second kappa shape index (κ2) is 4.44. The third-order valence-corrected chi connectivity index (χ3v) is 2.74. The van der Waals surface area contributed by atoms with Gasteiger partial charge in [-0.05, 0) is 37.7 Å². The fourth-order valence-corrected chi connectivity index (χ4v) is 1.95. The van der Waals surface area contributed by atoms with Gasteiger partial charge in [-0.25, -0.2) is 0 Å². The first-order valence-corrected chi connectivity index (χ1v) is 5.01. The molecule has 0 fully saturated rings. The Kier molecular flexibility index (Phi) is 3.51. The lowest BCUT2D eigenvalue weighted by atomic mass is 9.86. The standard InChI is InChI=1S/C11H18O/c1-3-9(4-2)10-6-5-7-11(12)8-10/h8-9H,3-7H2,1-2H3. The summed E-state index contributed by atoms with van der Waals surface area (Å²) in [5, 5.41) is 0. The Balaban J connectivity index is 2.65. The smallest absolute Gasteiger partial charge is 0.155 e. The number of carbonyl (C=O) groups excluding carboxylic acids is 1. The van der Waals surface area contributed by atoms with Crippen LogP contribution >= 0.6 is 0 Å². The summed E-state index contributed by atoms with van der Waals surface area (Å²) in [5.41, 5.74) is 1.40. The van der Waals surface area contributed by atoms with Crippen LogP contribution in [0.2, 0.25) is 0 Å². The highest BCUT2D eigenvalue weighted by molar-refractivity contribution is 5.91. The first kappa shape index (κ1) is 9.50. The number of ketones is 1. The van der Waals surface area contributed by atoms with Crippen molar-refractivity contribution in [1.82, 2.24) is 0 Å². The van der Waals surface area contributed by atoms with E-state index in [-0.39, 0.29) is 0 Å². The molecule has 0 unspecified atom stereocenters. The van der Waals surface area contributed by atoms with Crippen LogP contribution in [-0.2, 0) is 4.79 Å². The molecule has 0 aromatic carbocycles. The Bertz CT molecular complexity index is 187. The normalized spacial score (nSPS) is 18.2. The molecule has 1 aliphatic carbocycles. The first-order valence-electron chi connectivity index (χ1n) is 5.01. The van der Waals surface area contributed by atoms with Gasteiger partial charge in [-0.2, -0.15) is 0 Å². The van der Waals surface area contributed by atoms with E-state index in [9.17, 15) is 4.79 Å². The second-order valence-corrected chi connectivity index (χ2v) is 3.55. The lowest BCUT2D eigenvalue weighted by Gasteiger charge is -2.19. The molecule has 0 saturated heterocycles. The van der Waals surface area contributed by atoms with E-state index < -0.39 is 0 Å². The van der Waals surface area contributed by atoms with E-state index in [0.29, 0.717) is 11.7 Å². The van der Waals surface area contributed by atoms with Crippen molar-refractivity contribution in [3.8, 4) is 0 Å². The lowest BCUT2D eigenvalue weighted by Crippen LogP contribution is -2.09. The van der Waals surface area contributed by atoms with Crippen molar-refractivity contribution in [3.63, 3.8) is 0 Å². The van der Waals surface area contributed by atoms with Crippen LogP contribution in [0.4, 0.5) is 0 Å². The van der Waals surface area contributed by atoms with Gasteiger partial charge in [-0.3, -0.25) is 4.79 Å². The number of allylic oxidation sites excluding steroid dienone is 2. The van der Waals surface area contributed by atoms with Gasteiger partial charge in [0.2, 0.25) is 0 Å². The number of carbonyl (C=O) groups is 1. The Hall–Kier alpha value is -0.590. The minimum Gasteiger partial charge on any atom is -0.295 e. The predicted molar refractivity (Wildman–Crippen MR) is 51.0 cm³/mol. The van der Waals surface area contributed by atoms with Crippen LogP contribution in [0, 0.1) is 5.92 Å². The molecule has 0 spiro atoms. The number of hydrogen-bond donors (Lipinski definition) is 0. The Morgan fingerprint density at radius 3 is 2.50 bits per heavy atom. The van der Waals surface area contributed by atoms with Gasteiger partial charge < -0.3 is 0 Å². The quantitative estimate of drug-likeness (QED) is 0.629. The molecule has 0 heterocycles. The van der Waals surface area contributed by atoms with Crippen molar-refractivity contribution < 1.29 is 4.79 Å². The van der Waals surface area contributed by atoms with Crippen LogP contribution in [0.3, 0.4) is 0 Å². The summed E-state index contributed by atoms with van der Waals surface area (Å²) in [6.45, 7) is 4.40. The van der Waals surface area contributed by atoms with Crippen LogP contribution in [-0.4, -0.2) is 5.78 Å². The summed E-state index contributed by atoms with van der Waals surface area (Å²) in [4.78, 5) is 11.1. The second-order valence-electron chi connectivity index (χ2n) is 3.55. The summed E-state index contributed by atoms with van der Waals surface area (Å²) in [6, 6.07) is 0. The molecule has 12 heavy (non-hydrogen) atoms. The third kappa shape index (κ3) is 2.20. The highest BCUT2D eigenvalue weighted by Crippen LogP contribution is 2.26. The van der Waals surface area contributed by atoms with Gasteiger partial charge in [0.15, 0.2) is 5.78 Å². The zero-order valence-corrected chi connectivity index (χ0v) is 8.10. The third-order valence-electron chi connectivity index (χ3n) is 2.74. The highest BCUT2D eigenvalue weighted by atomic mass is 16.1. The van der Waals surface area contributed by atoms with Crippen molar-refractivity contribution in [3.05, 3.63) is 11.6 Å². The molecule has 1 nitrogen and oxygen atoms in total. The molecule has 0 aliphatic heterocycles. The molecule has 0 aromatic heterocycles. The van der Waals surface area contributed by atoms with Crippen LogP contribution in [0.1, 0.15) is 46.0 Å². The Morgan fingerprint density at radius 1 is 1.33 bits per heavy atom. The van der Waals surface area contributed by atoms with Crippen molar-refractivity contribution in [1.29, 1.82) is 0 Å². The van der Waals surface area contributed by atoms with Gasteiger partial charge in [0.25, 0.3) is 0 Å². The summed E-state index contributed by atoms with van der Waals surface area (Å²) >= 11 is 0. The van der Waals surface area contributed by atoms with Gasteiger partial charge >= 0.3 is 0 Å². The minimum absolute atomic E-state index is 0.336. The van der Waals surface area contributed by atoms with Gasteiger partial charge in [0.1, 0.15) is 0 Å². The monoisotopic (exact) mass is 166 g/mol. The molecule has 1 rings (SSSR count). The van der Waals surface area contributed by atoms with Crippen molar-refractivity contribution in [2.75, 3.05) is 0 Å².